The van der Waals surface area contributed by atoms with E-state index in [0.29, 0.717) is 10.6 Å². The van der Waals surface area contributed by atoms with Crippen molar-refractivity contribution in [3.63, 3.8) is 0 Å². The normalized spacial score (nSPS) is 10.4. The predicted molar refractivity (Wildman–Crippen MR) is 63.6 cm³/mol. The van der Waals surface area contributed by atoms with E-state index in [0.717, 1.165) is 5.69 Å². The summed E-state index contributed by atoms with van der Waals surface area (Å²) < 4.78 is 1.61. The summed E-state index contributed by atoms with van der Waals surface area (Å²) in [5, 5.41) is 4.74. The number of halogens is 2. The second-order valence-corrected chi connectivity index (χ2v) is 3.91. The Hall–Kier alpha value is -1.32. The van der Waals surface area contributed by atoms with E-state index < -0.39 is 0 Å². The van der Waals surface area contributed by atoms with Gasteiger partial charge in [0.15, 0.2) is 5.78 Å². The van der Waals surface area contributed by atoms with Crippen LogP contribution in [0.1, 0.15) is 10.4 Å². The molecule has 82 valence electrons. The van der Waals surface area contributed by atoms with E-state index in [4.69, 9.17) is 23.2 Å². The van der Waals surface area contributed by atoms with E-state index in [1.165, 1.54) is 6.20 Å². The Kier molecular flexibility index (Phi) is 3.27. The van der Waals surface area contributed by atoms with Gasteiger partial charge in [-0.2, -0.15) is 5.10 Å². The van der Waals surface area contributed by atoms with Crippen LogP contribution in [0.3, 0.4) is 0 Å². The Labute approximate surface area is 103 Å². The number of benzene rings is 1. The number of nitrogens with zero attached hydrogens (tertiary/aromatic N) is 2. The quantitative estimate of drug-likeness (QED) is 0.624. The van der Waals surface area contributed by atoms with E-state index in [9.17, 15) is 4.79 Å². The van der Waals surface area contributed by atoms with Gasteiger partial charge in [-0.15, -0.1) is 11.6 Å². The molecule has 0 amide bonds. The average molecular weight is 255 g/mol. The molecule has 1 heterocycles. The fourth-order valence-electron chi connectivity index (χ4n) is 1.28. The Morgan fingerprint density at radius 3 is 2.62 bits per heavy atom. The molecule has 3 nitrogen and oxygen atoms in total. The van der Waals surface area contributed by atoms with Gasteiger partial charge in [0, 0.05) is 11.2 Å². The van der Waals surface area contributed by atoms with Gasteiger partial charge < -0.3 is 0 Å². The first-order valence-electron chi connectivity index (χ1n) is 4.60. The number of rotatable bonds is 3. The number of aromatic nitrogens is 2. The molecule has 5 heteroatoms. The highest BCUT2D eigenvalue weighted by atomic mass is 35.5. The summed E-state index contributed by atoms with van der Waals surface area (Å²) in [5.41, 5.74) is 1.35. The largest absolute Gasteiger partial charge is 0.293 e. The molecule has 0 N–H and O–H groups in total. The van der Waals surface area contributed by atoms with Crippen molar-refractivity contribution >= 4 is 29.0 Å². The average Bonchev–Trinajstić information content (AvgIpc) is 2.78. The minimum absolute atomic E-state index is 0.0354. The molecule has 0 aliphatic rings. The lowest BCUT2D eigenvalue weighted by Gasteiger charge is -1.99. The maximum absolute atomic E-state index is 11.3. The van der Waals surface area contributed by atoms with E-state index >= 15 is 0 Å². The molecule has 16 heavy (non-hydrogen) atoms. The highest BCUT2D eigenvalue weighted by Crippen LogP contribution is 2.13. The fraction of sp³-hybridized carbons (Fsp3) is 0.0909. The van der Waals surface area contributed by atoms with Crippen LogP contribution in [-0.2, 0) is 0 Å². The van der Waals surface area contributed by atoms with Crippen molar-refractivity contribution < 1.29 is 4.79 Å². The van der Waals surface area contributed by atoms with Gasteiger partial charge in [0.25, 0.3) is 0 Å². The van der Waals surface area contributed by atoms with E-state index in [1.54, 1.807) is 23.0 Å². The summed E-state index contributed by atoms with van der Waals surface area (Å²) in [5.74, 6) is -0.173. The summed E-state index contributed by atoms with van der Waals surface area (Å²) in [6.07, 6.45) is 3.15. The molecule has 2 aromatic rings. The van der Waals surface area contributed by atoms with Gasteiger partial charge in [0.1, 0.15) is 0 Å². The number of hydrogen-bond donors (Lipinski definition) is 0. The van der Waals surface area contributed by atoms with Crippen LogP contribution in [0, 0.1) is 0 Å². The first kappa shape index (κ1) is 11.2. The van der Waals surface area contributed by atoms with Crippen LogP contribution in [-0.4, -0.2) is 21.4 Å². The topological polar surface area (TPSA) is 34.9 Å². The van der Waals surface area contributed by atoms with Gasteiger partial charge in [-0.25, -0.2) is 4.68 Å². The standard InChI is InChI=1S/C11H8Cl2N2O/c12-5-11(16)8-6-14-15(7-8)10-3-1-9(13)2-4-10/h1-4,6-7H,5H2. The molecule has 2 rings (SSSR count). The van der Waals surface area contributed by atoms with Crippen LogP contribution in [0.25, 0.3) is 5.69 Å². The van der Waals surface area contributed by atoms with Crippen molar-refractivity contribution in [1.82, 2.24) is 9.78 Å². The van der Waals surface area contributed by atoms with Crippen molar-refractivity contribution in [3.8, 4) is 5.69 Å². The highest BCUT2D eigenvalue weighted by Gasteiger charge is 2.07. The Balaban J connectivity index is 2.31. The Morgan fingerprint density at radius 1 is 1.31 bits per heavy atom. The summed E-state index contributed by atoms with van der Waals surface area (Å²) >= 11 is 11.2. The SMILES string of the molecule is O=C(CCl)c1cnn(-c2ccc(Cl)cc2)c1. The number of hydrogen-bond acceptors (Lipinski definition) is 2. The van der Waals surface area contributed by atoms with Crippen molar-refractivity contribution in [1.29, 1.82) is 0 Å². The third kappa shape index (κ3) is 2.26. The summed E-state index contributed by atoms with van der Waals surface area (Å²) in [7, 11) is 0. The zero-order valence-electron chi connectivity index (χ0n) is 8.23. The van der Waals surface area contributed by atoms with Gasteiger partial charge in [-0.1, -0.05) is 11.6 Å². The zero-order valence-corrected chi connectivity index (χ0v) is 9.74. The Bertz CT molecular complexity index is 505. The number of Topliss-reactive ketones (excluding diaryl/α,β-unsaturated/α-hetero) is 1. The summed E-state index contributed by atoms with van der Waals surface area (Å²) in [6.45, 7) is 0. The van der Waals surface area contributed by atoms with Crippen molar-refractivity contribution in [2.45, 2.75) is 0 Å². The smallest absolute Gasteiger partial charge is 0.180 e. The molecule has 1 aromatic carbocycles. The van der Waals surface area contributed by atoms with Gasteiger partial charge in [-0.05, 0) is 24.3 Å². The minimum Gasteiger partial charge on any atom is -0.293 e. The molecule has 0 saturated heterocycles. The van der Waals surface area contributed by atoms with E-state index in [1.807, 2.05) is 12.1 Å². The third-order valence-electron chi connectivity index (χ3n) is 2.12. The monoisotopic (exact) mass is 254 g/mol. The van der Waals surface area contributed by atoms with Crippen molar-refractivity contribution in [2.24, 2.45) is 0 Å². The van der Waals surface area contributed by atoms with Crippen LogP contribution in [0.2, 0.25) is 5.02 Å². The van der Waals surface area contributed by atoms with Gasteiger partial charge in [0.05, 0.1) is 23.3 Å². The first-order chi connectivity index (χ1) is 7.70. The van der Waals surface area contributed by atoms with Gasteiger partial charge >= 0.3 is 0 Å². The van der Waals surface area contributed by atoms with Crippen molar-refractivity contribution in [2.75, 3.05) is 5.88 Å². The molecule has 0 fully saturated rings. The molecule has 0 saturated carbocycles. The second-order valence-electron chi connectivity index (χ2n) is 3.21. The maximum Gasteiger partial charge on any atom is 0.180 e. The molecule has 1 aromatic heterocycles. The van der Waals surface area contributed by atoms with Crippen LogP contribution in [0.15, 0.2) is 36.7 Å². The zero-order chi connectivity index (χ0) is 11.5. The fourth-order valence-corrected chi connectivity index (χ4v) is 1.56. The van der Waals surface area contributed by atoms with Crippen LogP contribution >= 0.6 is 23.2 Å². The first-order valence-corrected chi connectivity index (χ1v) is 5.52. The molecule has 0 aliphatic heterocycles. The lowest BCUT2D eigenvalue weighted by atomic mass is 10.2. The predicted octanol–water partition coefficient (Wildman–Crippen LogP) is 2.95. The number of carbonyl (C=O) groups excluding carboxylic acids is 1. The molecular weight excluding hydrogens is 247 g/mol. The van der Waals surface area contributed by atoms with Crippen LogP contribution < -0.4 is 0 Å². The van der Waals surface area contributed by atoms with Crippen molar-refractivity contribution in [3.05, 3.63) is 47.2 Å². The number of carbonyl (C=O) groups is 1. The highest BCUT2D eigenvalue weighted by molar-refractivity contribution is 6.30. The van der Waals surface area contributed by atoms with Crippen LogP contribution in [0.4, 0.5) is 0 Å². The minimum atomic E-state index is -0.137. The second kappa shape index (κ2) is 4.68. The van der Waals surface area contributed by atoms with E-state index in [-0.39, 0.29) is 11.7 Å². The lowest BCUT2D eigenvalue weighted by molar-refractivity contribution is 0.102. The lowest BCUT2D eigenvalue weighted by Crippen LogP contribution is -1.98. The van der Waals surface area contributed by atoms with Gasteiger partial charge in [-0.3, -0.25) is 4.79 Å². The molecule has 0 bridgehead atoms. The van der Waals surface area contributed by atoms with Crippen LogP contribution in [0.5, 0.6) is 0 Å². The third-order valence-corrected chi connectivity index (χ3v) is 2.61. The molecule has 0 aliphatic carbocycles. The number of ketones is 1. The Morgan fingerprint density at radius 2 is 2.00 bits per heavy atom. The molecule has 0 atom stereocenters. The number of alkyl halides is 1. The summed E-state index contributed by atoms with van der Waals surface area (Å²) in [6, 6.07) is 7.18. The van der Waals surface area contributed by atoms with E-state index in [2.05, 4.69) is 5.10 Å². The molecule has 0 unspecified atom stereocenters. The molecular formula is C11H8Cl2N2O. The molecule has 0 spiro atoms. The maximum atomic E-state index is 11.3. The summed E-state index contributed by atoms with van der Waals surface area (Å²) in [4.78, 5) is 11.3. The molecule has 0 radical (unpaired) electrons. The van der Waals surface area contributed by atoms with Gasteiger partial charge in [0.2, 0.25) is 0 Å².